The smallest absolute Gasteiger partial charge is 0.257 e. The minimum absolute atomic E-state index is 0.208. The van der Waals surface area contributed by atoms with E-state index in [-0.39, 0.29) is 11.0 Å². The molecule has 0 atom stereocenters. The van der Waals surface area contributed by atoms with Crippen LogP contribution < -0.4 is 15.5 Å². The molecule has 0 spiro atoms. The third-order valence-electron chi connectivity index (χ3n) is 4.35. The van der Waals surface area contributed by atoms with Crippen molar-refractivity contribution < 1.29 is 4.79 Å². The summed E-state index contributed by atoms with van der Waals surface area (Å²) in [4.78, 5) is 19.2. The van der Waals surface area contributed by atoms with Crippen LogP contribution in [0.5, 0.6) is 0 Å². The number of thiazole rings is 1. The second-order valence-corrected chi connectivity index (χ2v) is 7.87. The minimum atomic E-state index is -0.261. The molecule has 5 nitrogen and oxygen atoms in total. The lowest BCUT2D eigenvalue weighted by Crippen LogP contribution is -2.34. The highest BCUT2D eigenvalue weighted by molar-refractivity contribution is 7.80. The number of carbonyl (C=O) groups excluding carboxylic acids is 1. The summed E-state index contributed by atoms with van der Waals surface area (Å²) in [5.74, 6) is -0.261. The van der Waals surface area contributed by atoms with Crippen molar-refractivity contribution >= 4 is 57.0 Å². The maximum atomic E-state index is 12.4. The van der Waals surface area contributed by atoms with Gasteiger partial charge in [0.25, 0.3) is 5.91 Å². The number of rotatable bonds is 6. The molecule has 8 heteroatoms. The highest BCUT2D eigenvalue weighted by Gasteiger charge is 2.11. The number of thiocarbonyl (C=S) groups is 1. The lowest BCUT2D eigenvalue weighted by atomic mass is 10.2. The van der Waals surface area contributed by atoms with Crippen LogP contribution in [0.25, 0.3) is 11.3 Å². The molecule has 3 aromatic rings. The fraction of sp³-hybridized carbons (Fsp3) is 0.190. The van der Waals surface area contributed by atoms with E-state index < -0.39 is 0 Å². The van der Waals surface area contributed by atoms with Crippen LogP contribution in [-0.4, -0.2) is 29.1 Å². The Labute approximate surface area is 184 Å². The van der Waals surface area contributed by atoms with E-state index in [0.29, 0.717) is 15.7 Å². The van der Waals surface area contributed by atoms with Gasteiger partial charge in [-0.15, -0.1) is 11.3 Å². The van der Waals surface area contributed by atoms with Gasteiger partial charge in [-0.3, -0.25) is 10.1 Å². The fourth-order valence-electron chi connectivity index (χ4n) is 2.80. The van der Waals surface area contributed by atoms with Crippen LogP contribution in [0.2, 0.25) is 5.02 Å². The van der Waals surface area contributed by atoms with Gasteiger partial charge in [0.1, 0.15) is 0 Å². The van der Waals surface area contributed by atoms with E-state index in [4.69, 9.17) is 23.8 Å². The molecule has 2 aromatic carbocycles. The Bertz CT molecular complexity index is 983. The lowest BCUT2D eigenvalue weighted by Gasteiger charge is -2.21. The number of hydrogen-bond donors (Lipinski definition) is 2. The van der Waals surface area contributed by atoms with Gasteiger partial charge in [0, 0.05) is 40.3 Å². The Morgan fingerprint density at radius 1 is 1.10 bits per heavy atom. The number of nitrogens with one attached hydrogen (secondary N) is 2. The third-order valence-corrected chi connectivity index (χ3v) is 5.56. The van der Waals surface area contributed by atoms with Crippen molar-refractivity contribution in [1.82, 2.24) is 10.3 Å². The normalized spacial score (nSPS) is 10.4. The molecule has 150 valence electrons. The number of aromatic nitrogens is 1. The summed E-state index contributed by atoms with van der Waals surface area (Å²) in [6.45, 7) is 6.04. The average Bonchev–Trinajstić information content (AvgIpc) is 3.18. The van der Waals surface area contributed by atoms with E-state index in [0.717, 1.165) is 30.0 Å². The summed E-state index contributed by atoms with van der Waals surface area (Å²) < 4.78 is 0. The van der Waals surface area contributed by atoms with E-state index in [2.05, 4.69) is 34.4 Å². The number of halogens is 1. The van der Waals surface area contributed by atoms with E-state index in [1.807, 2.05) is 41.8 Å². The highest BCUT2D eigenvalue weighted by Crippen LogP contribution is 2.26. The molecule has 1 amide bonds. The summed E-state index contributed by atoms with van der Waals surface area (Å²) in [7, 11) is 0. The Balaban J connectivity index is 1.59. The molecular formula is C21H21ClN4OS2. The van der Waals surface area contributed by atoms with Gasteiger partial charge in [0.05, 0.1) is 5.69 Å². The molecule has 0 aliphatic rings. The lowest BCUT2D eigenvalue weighted by molar-refractivity contribution is 0.0978. The molecule has 29 heavy (non-hydrogen) atoms. The molecule has 0 aliphatic heterocycles. The van der Waals surface area contributed by atoms with Gasteiger partial charge in [-0.05, 0) is 62.5 Å². The summed E-state index contributed by atoms with van der Waals surface area (Å²) >= 11 is 12.6. The topological polar surface area (TPSA) is 57.3 Å². The predicted molar refractivity (Wildman–Crippen MR) is 126 cm³/mol. The van der Waals surface area contributed by atoms with Crippen LogP contribution >= 0.6 is 35.2 Å². The zero-order valence-electron chi connectivity index (χ0n) is 16.1. The maximum Gasteiger partial charge on any atom is 0.257 e. The summed E-state index contributed by atoms with van der Waals surface area (Å²) in [6, 6.07) is 14.9. The van der Waals surface area contributed by atoms with Gasteiger partial charge in [-0.2, -0.15) is 0 Å². The molecule has 3 rings (SSSR count). The van der Waals surface area contributed by atoms with Gasteiger partial charge in [0.15, 0.2) is 10.2 Å². The van der Waals surface area contributed by atoms with Crippen molar-refractivity contribution in [3.8, 4) is 11.3 Å². The summed E-state index contributed by atoms with van der Waals surface area (Å²) in [6.07, 6.45) is 0. The van der Waals surface area contributed by atoms with Crippen LogP contribution in [0.3, 0.4) is 0 Å². The molecule has 0 fully saturated rings. The van der Waals surface area contributed by atoms with Crippen molar-refractivity contribution in [3.05, 3.63) is 64.5 Å². The van der Waals surface area contributed by atoms with E-state index >= 15 is 0 Å². The molecular weight excluding hydrogens is 424 g/mol. The van der Waals surface area contributed by atoms with Crippen LogP contribution in [0.1, 0.15) is 24.2 Å². The second-order valence-electron chi connectivity index (χ2n) is 6.17. The van der Waals surface area contributed by atoms with Crippen molar-refractivity contribution in [1.29, 1.82) is 0 Å². The van der Waals surface area contributed by atoms with Crippen LogP contribution in [0.15, 0.2) is 53.9 Å². The Morgan fingerprint density at radius 3 is 2.38 bits per heavy atom. The van der Waals surface area contributed by atoms with Gasteiger partial charge < -0.3 is 10.2 Å². The van der Waals surface area contributed by atoms with Crippen LogP contribution in [0, 0.1) is 0 Å². The molecule has 0 saturated carbocycles. The van der Waals surface area contributed by atoms with Crippen molar-refractivity contribution in [2.75, 3.05) is 23.3 Å². The predicted octanol–water partition coefficient (Wildman–Crippen LogP) is 5.44. The van der Waals surface area contributed by atoms with Gasteiger partial charge >= 0.3 is 0 Å². The van der Waals surface area contributed by atoms with Gasteiger partial charge in [0.2, 0.25) is 0 Å². The van der Waals surface area contributed by atoms with Gasteiger partial charge in [-0.1, -0.05) is 23.7 Å². The number of hydrogen-bond acceptors (Lipinski definition) is 5. The number of carbonyl (C=O) groups is 1. The molecule has 0 saturated heterocycles. The van der Waals surface area contributed by atoms with Crippen LogP contribution in [-0.2, 0) is 0 Å². The zero-order valence-corrected chi connectivity index (χ0v) is 18.5. The standard InChI is InChI=1S/C21H21ClN4OS2/c1-3-26(4-2)17-11-7-15(8-12-17)19(27)24-20(28)25-21-23-18(13-29-21)14-5-9-16(22)10-6-14/h5-13H,3-4H2,1-2H3,(H2,23,24,25,27,28). The summed E-state index contributed by atoms with van der Waals surface area (Å²) in [5.41, 5.74) is 3.41. The number of benzene rings is 2. The first-order chi connectivity index (χ1) is 14.0. The SMILES string of the molecule is CCN(CC)c1ccc(C(=O)NC(=S)Nc2nc(-c3ccc(Cl)cc3)cs2)cc1. The Hall–Kier alpha value is -2.48. The molecule has 0 aliphatic carbocycles. The first-order valence-corrected chi connectivity index (χ1v) is 10.9. The Morgan fingerprint density at radius 2 is 1.76 bits per heavy atom. The maximum absolute atomic E-state index is 12.4. The fourth-order valence-corrected chi connectivity index (χ4v) is 3.90. The average molecular weight is 445 g/mol. The van der Waals surface area contributed by atoms with E-state index in [9.17, 15) is 4.79 Å². The number of anilines is 2. The third kappa shape index (κ3) is 5.53. The number of nitrogens with zero attached hydrogens (tertiary/aromatic N) is 2. The first kappa shape index (κ1) is 21.2. The molecule has 0 unspecified atom stereocenters. The van der Waals surface area contributed by atoms with E-state index in [1.165, 1.54) is 11.3 Å². The zero-order chi connectivity index (χ0) is 20.8. The highest BCUT2D eigenvalue weighted by atomic mass is 35.5. The molecule has 2 N–H and O–H groups in total. The molecule has 1 heterocycles. The minimum Gasteiger partial charge on any atom is -0.372 e. The summed E-state index contributed by atoms with van der Waals surface area (Å²) in [5, 5.41) is 9.07. The number of amides is 1. The molecule has 1 aromatic heterocycles. The first-order valence-electron chi connectivity index (χ1n) is 9.19. The van der Waals surface area contributed by atoms with Gasteiger partial charge in [-0.25, -0.2) is 4.98 Å². The van der Waals surface area contributed by atoms with Crippen molar-refractivity contribution in [2.24, 2.45) is 0 Å². The quantitative estimate of drug-likeness (QED) is 0.496. The molecule has 0 radical (unpaired) electrons. The second kappa shape index (κ2) is 9.82. The van der Waals surface area contributed by atoms with E-state index in [1.54, 1.807) is 12.1 Å². The van der Waals surface area contributed by atoms with Crippen LogP contribution in [0.4, 0.5) is 10.8 Å². The Kier molecular flexibility index (Phi) is 7.19. The van der Waals surface area contributed by atoms with Crippen molar-refractivity contribution in [3.63, 3.8) is 0 Å². The van der Waals surface area contributed by atoms with Crippen molar-refractivity contribution in [2.45, 2.75) is 13.8 Å². The largest absolute Gasteiger partial charge is 0.372 e. The molecule has 0 bridgehead atoms. The monoisotopic (exact) mass is 444 g/mol.